The quantitative estimate of drug-likeness (QED) is 0.783. The van der Waals surface area contributed by atoms with E-state index in [0.717, 1.165) is 0 Å². The molecule has 4 nitrogen and oxygen atoms in total. The van der Waals surface area contributed by atoms with E-state index in [1.807, 2.05) is 0 Å². The Morgan fingerprint density at radius 1 is 1.44 bits per heavy atom. The van der Waals surface area contributed by atoms with Gasteiger partial charge in [0.15, 0.2) is 0 Å². The number of nitrogens with two attached hydrogens (primary N) is 1. The first-order valence-electron chi connectivity index (χ1n) is 5.86. The number of ether oxygens (including phenoxy) is 1. The lowest BCUT2D eigenvalue weighted by atomic mass is 10.2. The summed E-state index contributed by atoms with van der Waals surface area (Å²) < 4.78 is 18.5. The van der Waals surface area contributed by atoms with Crippen LogP contribution in [0.4, 0.5) is 4.39 Å². The number of carbonyl (C=O) groups excluding carboxylic acids is 1. The largest absolute Gasteiger partial charge is 0.493 e. The minimum Gasteiger partial charge on any atom is -0.493 e. The van der Waals surface area contributed by atoms with Gasteiger partial charge < -0.3 is 15.4 Å². The molecule has 0 spiro atoms. The molecular formula is C13H19FN2O2. The summed E-state index contributed by atoms with van der Waals surface area (Å²) in [4.78, 5) is 12.9. The van der Waals surface area contributed by atoms with Crippen LogP contribution in [-0.2, 0) is 11.3 Å². The van der Waals surface area contributed by atoms with Gasteiger partial charge >= 0.3 is 0 Å². The van der Waals surface area contributed by atoms with E-state index in [9.17, 15) is 9.18 Å². The van der Waals surface area contributed by atoms with Gasteiger partial charge in [-0.3, -0.25) is 4.79 Å². The second-order valence-corrected chi connectivity index (χ2v) is 4.20. The van der Waals surface area contributed by atoms with E-state index in [0.29, 0.717) is 30.8 Å². The van der Waals surface area contributed by atoms with E-state index < -0.39 is 0 Å². The molecule has 2 N–H and O–H groups in total. The van der Waals surface area contributed by atoms with E-state index in [4.69, 9.17) is 10.5 Å². The van der Waals surface area contributed by atoms with Crippen LogP contribution < -0.4 is 10.5 Å². The SMILES string of the molecule is CN(C)C(=O)CCCOc1ccc(F)cc1CN. The van der Waals surface area contributed by atoms with Crippen LogP contribution in [0.15, 0.2) is 18.2 Å². The van der Waals surface area contributed by atoms with Crippen molar-refractivity contribution in [2.75, 3.05) is 20.7 Å². The summed E-state index contributed by atoms with van der Waals surface area (Å²) >= 11 is 0. The highest BCUT2D eigenvalue weighted by atomic mass is 19.1. The van der Waals surface area contributed by atoms with E-state index >= 15 is 0 Å². The summed E-state index contributed by atoms with van der Waals surface area (Å²) in [5.74, 6) is 0.318. The van der Waals surface area contributed by atoms with Crippen molar-refractivity contribution >= 4 is 5.91 Å². The van der Waals surface area contributed by atoms with Crippen LogP contribution in [0, 0.1) is 5.82 Å². The zero-order valence-electron chi connectivity index (χ0n) is 10.8. The van der Waals surface area contributed by atoms with Crippen molar-refractivity contribution in [3.63, 3.8) is 0 Å². The van der Waals surface area contributed by atoms with Gasteiger partial charge in [-0.2, -0.15) is 0 Å². The van der Waals surface area contributed by atoms with E-state index in [-0.39, 0.29) is 18.3 Å². The molecule has 0 heterocycles. The van der Waals surface area contributed by atoms with Crippen LogP contribution in [0.3, 0.4) is 0 Å². The number of amides is 1. The summed E-state index contributed by atoms with van der Waals surface area (Å²) in [5.41, 5.74) is 6.14. The average Bonchev–Trinajstić information content (AvgIpc) is 2.35. The number of nitrogens with zero attached hydrogens (tertiary/aromatic N) is 1. The van der Waals surface area contributed by atoms with Crippen molar-refractivity contribution in [1.82, 2.24) is 4.90 Å². The molecule has 0 aromatic heterocycles. The van der Waals surface area contributed by atoms with Crippen molar-refractivity contribution in [3.8, 4) is 5.75 Å². The Morgan fingerprint density at radius 2 is 2.17 bits per heavy atom. The maximum absolute atomic E-state index is 13.0. The van der Waals surface area contributed by atoms with Crippen molar-refractivity contribution in [2.24, 2.45) is 5.73 Å². The maximum atomic E-state index is 13.0. The third-order valence-electron chi connectivity index (χ3n) is 2.53. The summed E-state index contributed by atoms with van der Waals surface area (Å²) in [6.45, 7) is 0.641. The topological polar surface area (TPSA) is 55.6 Å². The third-order valence-corrected chi connectivity index (χ3v) is 2.53. The molecular weight excluding hydrogens is 235 g/mol. The highest BCUT2D eigenvalue weighted by molar-refractivity contribution is 5.75. The Bertz CT molecular complexity index is 408. The number of halogens is 1. The van der Waals surface area contributed by atoms with Gasteiger partial charge in [0.2, 0.25) is 5.91 Å². The van der Waals surface area contributed by atoms with Crippen molar-refractivity contribution in [1.29, 1.82) is 0 Å². The molecule has 18 heavy (non-hydrogen) atoms. The van der Waals surface area contributed by atoms with Crippen LogP contribution in [0.5, 0.6) is 5.75 Å². The lowest BCUT2D eigenvalue weighted by Gasteiger charge is -2.12. The van der Waals surface area contributed by atoms with E-state index in [1.165, 1.54) is 12.1 Å². The van der Waals surface area contributed by atoms with E-state index in [2.05, 4.69) is 0 Å². The molecule has 100 valence electrons. The minimum absolute atomic E-state index is 0.0664. The normalized spacial score (nSPS) is 10.2. The third kappa shape index (κ3) is 4.33. The summed E-state index contributed by atoms with van der Waals surface area (Å²) in [6, 6.07) is 4.26. The van der Waals surface area contributed by atoms with Crippen LogP contribution in [0.1, 0.15) is 18.4 Å². The first-order valence-corrected chi connectivity index (χ1v) is 5.86. The van der Waals surface area contributed by atoms with Crippen LogP contribution in [-0.4, -0.2) is 31.5 Å². The van der Waals surface area contributed by atoms with Crippen LogP contribution >= 0.6 is 0 Å². The molecule has 1 amide bonds. The van der Waals surface area contributed by atoms with Crippen molar-refractivity contribution in [3.05, 3.63) is 29.6 Å². The summed E-state index contributed by atoms with van der Waals surface area (Å²) in [7, 11) is 3.44. The smallest absolute Gasteiger partial charge is 0.222 e. The zero-order valence-corrected chi connectivity index (χ0v) is 10.8. The molecule has 0 saturated carbocycles. The monoisotopic (exact) mass is 254 g/mol. The fourth-order valence-electron chi connectivity index (χ4n) is 1.48. The molecule has 0 bridgehead atoms. The Hall–Kier alpha value is -1.62. The molecule has 1 aromatic carbocycles. The number of benzene rings is 1. The van der Waals surface area contributed by atoms with Gasteiger partial charge in [0.1, 0.15) is 11.6 Å². The number of hydrogen-bond acceptors (Lipinski definition) is 3. The molecule has 0 saturated heterocycles. The first kappa shape index (κ1) is 14.4. The molecule has 0 fully saturated rings. The molecule has 5 heteroatoms. The Kier molecular flexibility index (Phi) is 5.58. The first-order chi connectivity index (χ1) is 8.54. The Balaban J connectivity index is 2.42. The molecule has 0 aliphatic carbocycles. The summed E-state index contributed by atoms with van der Waals surface area (Å²) in [6.07, 6.45) is 1.06. The van der Waals surface area contributed by atoms with E-state index in [1.54, 1.807) is 25.1 Å². The second-order valence-electron chi connectivity index (χ2n) is 4.20. The van der Waals surface area contributed by atoms with Gasteiger partial charge in [0, 0.05) is 32.6 Å². The maximum Gasteiger partial charge on any atom is 0.222 e. The Labute approximate surface area is 107 Å². The van der Waals surface area contributed by atoms with Crippen molar-refractivity contribution < 1.29 is 13.9 Å². The van der Waals surface area contributed by atoms with Gasteiger partial charge in [0.25, 0.3) is 0 Å². The molecule has 0 atom stereocenters. The molecule has 0 aliphatic rings. The highest BCUT2D eigenvalue weighted by Gasteiger charge is 2.06. The van der Waals surface area contributed by atoms with Crippen LogP contribution in [0.25, 0.3) is 0 Å². The van der Waals surface area contributed by atoms with Gasteiger partial charge in [0.05, 0.1) is 6.61 Å². The Morgan fingerprint density at radius 3 is 2.78 bits per heavy atom. The van der Waals surface area contributed by atoms with Gasteiger partial charge in [-0.05, 0) is 24.6 Å². The fraction of sp³-hybridized carbons (Fsp3) is 0.462. The number of carbonyl (C=O) groups is 1. The second kappa shape index (κ2) is 6.96. The van der Waals surface area contributed by atoms with Gasteiger partial charge in [-0.25, -0.2) is 4.39 Å². The molecule has 0 aliphatic heterocycles. The lowest BCUT2D eigenvalue weighted by molar-refractivity contribution is -0.128. The molecule has 0 radical (unpaired) electrons. The van der Waals surface area contributed by atoms with Gasteiger partial charge in [-0.1, -0.05) is 0 Å². The van der Waals surface area contributed by atoms with Crippen LogP contribution in [0.2, 0.25) is 0 Å². The molecule has 1 rings (SSSR count). The van der Waals surface area contributed by atoms with Crippen molar-refractivity contribution in [2.45, 2.75) is 19.4 Å². The average molecular weight is 254 g/mol. The predicted molar refractivity (Wildman–Crippen MR) is 67.7 cm³/mol. The molecule has 0 unspecified atom stereocenters. The predicted octanol–water partition coefficient (Wildman–Crippen LogP) is 1.53. The van der Waals surface area contributed by atoms with Gasteiger partial charge in [-0.15, -0.1) is 0 Å². The number of hydrogen-bond donors (Lipinski definition) is 1. The fourth-order valence-corrected chi connectivity index (χ4v) is 1.48. The lowest BCUT2D eigenvalue weighted by Crippen LogP contribution is -2.21. The standard InChI is InChI=1S/C13H19FN2O2/c1-16(2)13(17)4-3-7-18-12-6-5-11(14)8-10(12)9-15/h5-6,8H,3-4,7,9,15H2,1-2H3. The summed E-state index contributed by atoms with van der Waals surface area (Å²) in [5, 5.41) is 0. The minimum atomic E-state index is -0.328. The highest BCUT2D eigenvalue weighted by Crippen LogP contribution is 2.19. The zero-order chi connectivity index (χ0) is 13.5. The molecule has 1 aromatic rings. The number of rotatable bonds is 6.